The number of hydrogen-bond acceptors (Lipinski definition) is 4. The highest BCUT2D eigenvalue weighted by Crippen LogP contribution is 2.27. The van der Waals surface area contributed by atoms with Gasteiger partial charge in [-0.25, -0.2) is 0 Å². The maximum atomic E-state index is 5.35. The van der Waals surface area contributed by atoms with Crippen LogP contribution in [0, 0.1) is 12.8 Å². The van der Waals surface area contributed by atoms with Crippen molar-refractivity contribution in [3.05, 3.63) is 23.5 Å². The summed E-state index contributed by atoms with van der Waals surface area (Å²) in [4.78, 5) is 7.00. The first-order valence-electron chi connectivity index (χ1n) is 8.14. The van der Waals surface area contributed by atoms with E-state index in [-0.39, 0.29) is 0 Å². The van der Waals surface area contributed by atoms with Crippen LogP contribution < -0.4 is 10.2 Å². The summed E-state index contributed by atoms with van der Waals surface area (Å²) in [5.74, 6) is 0.647. The predicted molar refractivity (Wildman–Crippen MR) is 87.8 cm³/mol. The van der Waals surface area contributed by atoms with Crippen molar-refractivity contribution in [3.63, 3.8) is 0 Å². The first-order chi connectivity index (χ1) is 10.2. The molecular formula is C17H29N3O. The molecule has 1 unspecified atom stereocenters. The van der Waals surface area contributed by atoms with Crippen LogP contribution in [-0.2, 0) is 11.3 Å². The molecular weight excluding hydrogens is 262 g/mol. The summed E-state index contributed by atoms with van der Waals surface area (Å²) < 4.78 is 5.35. The van der Waals surface area contributed by atoms with Crippen LogP contribution in [0.2, 0.25) is 0 Å². The lowest BCUT2D eigenvalue weighted by Gasteiger charge is -2.35. The topological polar surface area (TPSA) is 37.4 Å². The van der Waals surface area contributed by atoms with Crippen LogP contribution in [0.15, 0.2) is 12.3 Å². The van der Waals surface area contributed by atoms with Gasteiger partial charge in [0.15, 0.2) is 0 Å². The Labute approximate surface area is 128 Å². The molecule has 21 heavy (non-hydrogen) atoms. The third kappa shape index (κ3) is 4.68. The molecule has 1 aromatic heterocycles. The molecule has 1 aromatic rings. The van der Waals surface area contributed by atoms with Crippen LogP contribution in [0.1, 0.15) is 37.4 Å². The average molecular weight is 291 g/mol. The van der Waals surface area contributed by atoms with Gasteiger partial charge >= 0.3 is 0 Å². The van der Waals surface area contributed by atoms with Crippen LogP contribution in [0.25, 0.3) is 0 Å². The lowest BCUT2D eigenvalue weighted by molar-refractivity contribution is 0.143. The smallest absolute Gasteiger partial charge is 0.0507 e. The summed E-state index contributed by atoms with van der Waals surface area (Å²) in [5.41, 5.74) is 3.76. The Hall–Kier alpha value is -1.13. The van der Waals surface area contributed by atoms with Gasteiger partial charge in [-0.2, -0.15) is 0 Å². The molecule has 0 radical (unpaired) electrons. The second-order valence-corrected chi connectivity index (χ2v) is 6.04. The van der Waals surface area contributed by atoms with E-state index in [2.05, 4.69) is 35.1 Å². The molecule has 4 heteroatoms. The average Bonchev–Trinajstić information content (AvgIpc) is 2.49. The Morgan fingerprint density at radius 2 is 2.33 bits per heavy atom. The highest BCUT2D eigenvalue weighted by atomic mass is 16.5. The number of rotatable bonds is 7. The van der Waals surface area contributed by atoms with Crippen LogP contribution in [0.3, 0.4) is 0 Å². The standard InChI is InChI=1S/C17H29N3O/c1-4-7-18-10-16-11-19-14(2)9-17(16)20-8-5-6-15(12-20)13-21-3/h9,11,15,18H,4-8,10,12-13H2,1-3H3. The maximum Gasteiger partial charge on any atom is 0.0507 e. The minimum absolute atomic E-state index is 0.647. The summed E-state index contributed by atoms with van der Waals surface area (Å²) in [6, 6.07) is 2.23. The molecule has 1 aliphatic heterocycles. The number of piperidine rings is 1. The van der Waals surface area contributed by atoms with Crippen LogP contribution in [0.4, 0.5) is 5.69 Å². The largest absolute Gasteiger partial charge is 0.384 e. The summed E-state index contributed by atoms with van der Waals surface area (Å²) in [5, 5.41) is 3.50. The summed E-state index contributed by atoms with van der Waals surface area (Å²) in [6.45, 7) is 9.33. The molecule has 0 spiro atoms. The highest BCUT2D eigenvalue weighted by molar-refractivity contribution is 5.54. The van der Waals surface area contributed by atoms with Crippen molar-refractivity contribution in [2.45, 2.75) is 39.7 Å². The van der Waals surface area contributed by atoms with E-state index in [1.165, 1.54) is 24.1 Å². The molecule has 0 aromatic carbocycles. The molecule has 1 aliphatic rings. The van der Waals surface area contributed by atoms with Gasteiger partial charge < -0.3 is 15.0 Å². The second kappa shape index (κ2) is 8.35. The van der Waals surface area contributed by atoms with Gasteiger partial charge in [-0.3, -0.25) is 4.98 Å². The lowest BCUT2D eigenvalue weighted by Crippen LogP contribution is -2.38. The van der Waals surface area contributed by atoms with Crippen molar-refractivity contribution < 1.29 is 4.74 Å². The van der Waals surface area contributed by atoms with E-state index in [9.17, 15) is 0 Å². The fourth-order valence-electron chi connectivity index (χ4n) is 3.06. The van der Waals surface area contributed by atoms with Crippen LogP contribution in [-0.4, -0.2) is 38.3 Å². The quantitative estimate of drug-likeness (QED) is 0.784. The summed E-state index contributed by atoms with van der Waals surface area (Å²) >= 11 is 0. The molecule has 1 saturated heterocycles. The van der Waals surface area contributed by atoms with Crippen molar-refractivity contribution in [2.24, 2.45) is 5.92 Å². The number of pyridine rings is 1. The highest BCUT2D eigenvalue weighted by Gasteiger charge is 2.22. The molecule has 0 bridgehead atoms. The molecule has 1 fully saturated rings. The van der Waals surface area contributed by atoms with Crippen LogP contribution in [0.5, 0.6) is 0 Å². The monoisotopic (exact) mass is 291 g/mol. The zero-order valence-corrected chi connectivity index (χ0v) is 13.7. The Balaban J connectivity index is 2.10. The van der Waals surface area contributed by atoms with Gasteiger partial charge in [0.05, 0.1) is 6.61 Å². The van der Waals surface area contributed by atoms with Gasteiger partial charge in [-0.05, 0) is 44.7 Å². The van der Waals surface area contributed by atoms with Crippen LogP contribution >= 0.6 is 0 Å². The number of hydrogen-bond donors (Lipinski definition) is 1. The van der Waals surface area contributed by atoms with E-state index in [4.69, 9.17) is 4.74 Å². The summed E-state index contributed by atoms with van der Waals surface area (Å²) in [7, 11) is 1.80. The summed E-state index contributed by atoms with van der Waals surface area (Å²) in [6.07, 6.45) is 5.72. The van der Waals surface area contributed by atoms with Crippen molar-refractivity contribution >= 4 is 5.69 Å². The Bertz CT molecular complexity index is 434. The Morgan fingerprint density at radius 3 is 3.10 bits per heavy atom. The molecule has 2 rings (SSSR count). The van der Waals surface area contributed by atoms with E-state index in [1.54, 1.807) is 7.11 Å². The maximum absolute atomic E-state index is 5.35. The van der Waals surface area contributed by atoms with E-state index in [0.717, 1.165) is 44.9 Å². The van der Waals surface area contributed by atoms with Gasteiger partial charge in [0.1, 0.15) is 0 Å². The minimum atomic E-state index is 0.647. The molecule has 1 N–H and O–H groups in total. The first-order valence-corrected chi connectivity index (χ1v) is 8.14. The second-order valence-electron chi connectivity index (χ2n) is 6.04. The predicted octanol–water partition coefficient (Wildman–Crippen LogP) is 2.75. The van der Waals surface area contributed by atoms with Crippen molar-refractivity contribution in [2.75, 3.05) is 38.3 Å². The number of nitrogens with zero attached hydrogens (tertiary/aromatic N) is 2. The zero-order chi connectivity index (χ0) is 15.1. The molecule has 1 atom stereocenters. The third-order valence-electron chi connectivity index (χ3n) is 4.10. The fourth-order valence-corrected chi connectivity index (χ4v) is 3.06. The van der Waals surface area contributed by atoms with E-state index in [1.807, 2.05) is 6.20 Å². The molecule has 4 nitrogen and oxygen atoms in total. The SMILES string of the molecule is CCCNCc1cnc(C)cc1N1CCCC(COC)C1. The van der Waals surface area contributed by atoms with E-state index < -0.39 is 0 Å². The number of methoxy groups -OCH3 is 1. The first kappa shape index (κ1) is 16.2. The van der Waals surface area contributed by atoms with Gasteiger partial charge in [0.25, 0.3) is 0 Å². The number of nitrogens with one attached hydrogen (secondary N) is 1. The van der Waals surface area contributed by atoms with E-state index >= 15 is 0 Å². The molecule has 118 valence electrons. The third-order valence-corrected chi connectivity index (χ3v) is 4.10. The van der Waals surface area contributed by atoms with E-state index in [0.29, 0.717) is 5.92 Å². The van der Waals surface area contributed by atoms with Crippen molar-refractivity contribution in [1.29, 1.82) is 0 Å². The number of aryl methyl sites for hydroxylation is 1. The Kier molecular flexibility index (Phi) is 6.46. The van der Waals surface area contributed by atoms with Crippen molar-refractivity contribution in [3.8, 4) is 0 Å². The van der Waals surface area contributed by atoms with Crippen molar-refractivity contribution in [1.82, 2.24) is 10.3 Å². The number of aromatic nitrogens is 1. The minimum Gasteiger partial charge on any atom is -0.384 e. The normalized spacial score (nSPS) is 19.0. The van der Waals surface area contributed by atoms with Gasteiger partial charge in [-0.15, -0.1) is 0 Å². The number of anilines is 1. The van der Waals surface area contributed by atoms with Gasteiger partial charge in [0.2, 0.25) is 0 Å². The fraction of sp³-hybridized carbons (Fsp3) is 0.706. The van der Waals surface area contributed by atoms with Gasteiger partial charge in [-0.1, -0.05) is 6.92 Å². The molecule has 2 heterocycles. The van der Waals surface area contributed by atoms with Gasteiger partial charge in [0, 0.05) is 49.9 Å². The molecule has 0 saturated carbocycles. The Morgan fingerprint density at radius 1 is 1.48 bits per heavy atom. The molecule has 0 amide bonds. The lowest BCUT2D eigenvalue weighted by atomic mass is 9.97. The molecule has 0 aliphatic carbocycles. The zero-order valence-electron chi connectivity index (χ0n) is 13.7. The number of ether oxygens (including phenoxy) is 1.